The molecule has 0 aliphatic carbocycles. The molecule has 0 unspecified atom stereocenters. The van der Waals surface area contributed by atoms with Gasteiger partial charge in [0.25, 0.3) is 0 Å². The number of β-amino-alcohol motifs (C(OH)–C–C–N with tert-alkyl or cyclic N) is 1. The van der Waals surface area contributed by atoms with Crippen LogP contribution in [0.2, 0.25) is 0 Å². The summed E-state index contributed by atoms with van der Waals surface area (Å²) in [4.78, 5) is 20.3. The Balaban J connectivity index is 2.64. The highest BCUT2D eigenvalue weighted by molar-refractivity contribution is 5.73. The Morgan fingerprint density at radius 2 is 2.27 bits per heavy atom. The first-order valence-corrected chi connectivity index (χ1v) is 3.16. The predicted molar refractivity (Wildman–Crippen MR) is 34.5 cm³/mol. The SMILES string of the molecule is O=NN1C[C@@H](O)C[C@@H]1C(=O)O. The first kappa shape index (κ1) is 7.93. The lowest BCUT2D eigenvalue weighted by molar-refractivity contribution is -0.142. The fraction of sp³-hybridized carbons (Fsp3) is 0.800. The van der Waals surface area contributed by atoms with Gasteiger partial charge in [-0.1, -0.05) is 0 Å². The molecule has 6 heteroatoms. The molecule has 0 bridgehead atoms. The molecule has 0 radical (unpaired) electrons. The summed E-state index contributed by atoms with van der Waals surface area (Å²) in [6.45, 7) is 0.0144. The van der Waals surface area contributed by atoms with Gasteiger partial charge in [-0.05, 0) is 0 Å². The molecule has 62 valence electrons. The molecule has 0 aromatic rings. The van der Waals surface area contributed by atoms with Crippen LogP contribution in [0.25, 0.3) is 0 Å². The zero-order chi connectivity index (χ0) is 8.43. The Hall–Kier alpha value is -1.17. The van der Waals surface area contributed by atoms with Crippen molar-refractivity contribution in [3.8, 4) is 0 Å². The summed E-state index contributed by atoms with van der Waals surface area (Å²) in [5, 5.41) is 20.8. The monoisotopic (exact) mass is 160 g/mol. The molecule has 0 saturated carbocycles. The van der Waals surface area contributed by atoms with Crippen molar-refractivity contribution < 1.29 is 15.0 Å². The van der Waals surface area contributed by atoms with E-state index in [4.69, 9.17) is 10.2 Å². The number of hydrogen-bond acceptors (Lipinski definition) is 4. The number of rotatable bonds is 2. The molecule has 1 fully saturated rings. The van der Waals surface area contributed by atoms with Crippen molar-refractivity contribution in [2.24, 2.45) is 5.29 Å². The molecular weight excluding hydrogens is 152 g/mol. The summed E-state index contributed by atoms with van der Waals surface area (Å²) in [7, 11) is 0. The predicted octanol–water partition coefficient (Wildman–Crippen LogP) is -0.812. The quantitative estimate of drug-likeness (QED) is 0.515. The van der Waals surface area contributed by atoms with E-state index in [1.54, 1.807) is 0 Å². The number of nitrogens with zero attached hydrogens (tertiary/aromatic N) is 2. The minimum absolute atomic E-state index is 0.0144. The Bertz CT molecular complexity index is 183. The fourth-order valence-corrected chi connectivity index (χ4v) is 1.12. The van der Waals surface area contributed by atoms with Gasteiger partial charge in [0.05, 0.1) is 17.9 Å². The fourth-order valence-electron chi connectivity index (χ4n) is 1.12. The third kappa shape index (κ3) is 1.45. The van der Waals surface area contributed by atoms with Crippen LogP contribution in [-0.4, -0.2) is 39.9 Å². The highest BCUT2D eigenvalue weighted by atomic mass is 16.4. The Morgan fingerprint density at radius 3 is 2.64 bits per heavy atom. The van der Waals surface area contributed by atoms with Gasteiger partial charge < -0.3 is 10.2 Å². The van der Waals surface area contributed by atoms with Crippen LogP contribution < -0.4 is 0 Å². The van der Waals surface area contributed by atoms with E-state index in [1.165, 1.54) is 0 Å². The van der Waals surface area contributed by atoms with Gasteiger partial charge >= 0.3 is 5.97 Å². The highest BCUT2D eigenvalue weighted by Crippen LogP contribution is 2.17. The molecule has 2 N–H and O–H groups in total. The second-order valence-electron chi connectivity index (χ2n) is 2.45. The number of aliphatic hydroxyl groups is 1. The molecule has 0 amide bonds. The van der Waals surface area contributed by atoms with Crippen molar-refractivity contribution in [2.45, 2.75) is 18.6 Å². The lowest BCUT2D eigenvalue weighted by atomic mass is 10.2. The van der Waals surface area contributed by atoms with Crippen molar-refractivity contribution in [2.75, 3.05) is 6.54 Å². The van der Waals surface area contributed by atoms with Gasteiger partial charge in [0.2, 0.25) is 0 Å². The Kier molecular flexibility index (Phi) is 2.04. The number of aliphatic carboxylic acids is 1. The summed E-state index contributed by atoms with van der Waals surface area (Å²) in [6.07, 6.45) is -0.685. The molecule has 0 aromatic heterocycles. The maximum atomic E-state index is 10.4. The minimum atomic E-state index is -1.12. The Labute approximate surface area is 62.4 Å². The largest absolute Gasteiger partial charge is 0.480 e. The number of carboxylic acids is 1. The maximum absolute atomic E-state index is 10.4. The molecule has 1 rings (SSSR count). The summed E-state index contributed by atoms with van der Waals surface area (Å²) < 4.78 is 0. The first-order chi connectivity index (χ1) is 5.15. The number of hydrogen-bond donors (Lipinski definition) is 2. The van der Waals surface area contributed by atoms with Gasteiger partial charge in [0.1, 0.15) is 6.04 Å². The van der Waals surface area contributed by atoms with Gasteiger partial charge in [-0.3, -0.25) is 0 Å². The molecule has 11 heavy (non-hydrogen) atoms. The second-order valence-corrected chi connectivity index (χ2v) is 2.45. The number of aliphatic hydroxyl groups excluding tert-OH is 1. The molecule has 0 aromatic carbocycles. The Morgan fingerprint density at radius 1 is 1.64 bits per heavy atom. The average molecular weight is 160 g/mol. The summed E-state index contributed by atoms with van der Waals surface area (Å²) in [5.41, 5.74) is 0. The molecule has 0 spiro atoms. The zero-order valence-electron chi connectivity index (χ0n) is 5.67. The second kappa shape index (κ2) is 2.83. The van der Waals surface area contributed by atoms with Gasteiger partial charge in [-0.25, -0.2) is 9.80 Å². The summed E-state index contributed by atoms with van der Waals surface area (Å²) in [6, 6.07) is -0.956. The van der Waals surface area contributed by atoms with Crippen LogP contribution in [0.5, 0.6) is 0 Å². The zero-order valence-corrected chi connectivity index (χ0v) is 5.67. The lowest BCUT2D eigenvalue weighted by Crippen LogP contribution is -2.31. The van der Waals surface area contributed by atoms with Crippen LogP contribution in [0.3, 0.4) is 0 Å². The van der Waals surface area contributed by atoms with Gasteiger partial charge in [0.15, 0.2) is 0 Å². The van der Waals surface area contributed by atoms with E-state index in [9.17, 15) is 9.70 Å². The van der Waals surface area contributed by atoms with Crippen LogP contribution in [0.1, 0.15) is 6.42 Å². The average Bonchev–Trinajstić information content (AvgIpc) is 2.30. The van der Waals surface area contributed by atoms with E-state index in [0.717, 1.165) is 5.01 Å². The van der Waals surface area contributed by atoms with Gasteiger partial charge in [-0.15, -0.1) is 4.91 Å². The number of carboxylic acid groups (broad SMARTS) is 1. The van der Waals surface area contributed by atoms with Crippen molar-refractivity contribution in [3.05, 3.63) is 4.91 Å². The topological polar surface area (TPSA) is 90.2 Å². The van der Waals surface area contributed by atoms with E-state index in [-0.39, 0.29) is 13.0 Å². The van der Waals surface area contributed by atoms with Crippen molar-refractivity contribution in [3.63, 3.8) is 0 Å². The van der Waals surface area contributed by atoms with E-state index in [1.807, 2.05) is 0 Å². The van der Waals surface area contributed by atoms with E-state index in [0.29, 0.717) is 0 Å². The highest BCUT2D eigenvalue weighted by Gasteiger charge is 2.36. The standard InChI is InChI=1S/C5H8N2O4/c8-3-1-4(5(9)10)7(2-3)6-11/h3-4,8H,1-2H2,(H,9,10)/t3-,4+/m0/s1. The molecule has 1 saturated heterocycles. The normalized spacial score (nSPS) is 30.5. The summed E-state index contributed by atoms with van der Waals surface area (Å²) in [5.74, 6) is -1.12. The van der Waals surface area contributed by atoms with E-state index >= 15 is 0 Å². The molecule has 2 atom stereocenters. The smallest absolute Gasteiger partial charge is 0.328 e. The molecule has 1 aliphatic rings. The van der Waals surface area contributed by atoms with Crippen LogP contribution >= 0.6 is 0 Å². The van der Waals surface area contributed by atoms with Crippen molar-refractivity contribution in [1.82, 2.24) is 5.01 Å². The van der Waals surface area contributed by atoms with Crippen LogP contribution in [-0.2, 0) is 4.79 Å². The van der Waals surface area contributed by atoms with Crippen LogP contribution in [0.4, 0.5) is 0 Å². The van der Waals surface area contributed by atoms with Crippen LogP contribution in [0, 0.1) is 4.91 Å². The van der Waals surface area contributed by atoms with Crippen LogP contribution in [0.15, 0.2) is 5.29 Å². The minimum Gasteiger partial charge on any atom is -0.480 e. The first-order valence-electron chi connectivity index (χ1n) is 3.16. The number of carbonyl (C=O) groups is 1. The van der Waals surface area contributed by atoms with E-state index in [2.05, 4.69) is 5.29 Å². The lowest BCUT2D eigenvalue weighted by Gasteiger charge is -2.11. The summed E-state index contributed by atoms with van der Waals surface area (Å²) >= 11 is 0. The van der Waals surface area contributed by atoms with Crippen molar-refractivity contribution in [1.29, 1.82) is 0 Å². The molecule has 1 aliphatic heterocycles. The molecule has 1 heterocycles. The third-order valence-corrected chi connectivity index (χ3v) is 1.64. The van der Waals surface area contributed by atoms with Gasteiger partial charge in [0, 0.05) is 6.42 Å². The van der Waals surface area contributed by atoms with E-state index < -0.39 is 18.1 Å². The molecule has 6 nitrogen and oxygen atoms in total. The number of nitroso groups, excluding NO2 is 1. The van der Waals surface area contributed by atoms with Crippen molar-refractivity contribution >= 4 is 5.97 Å². The van der Waals surface area contributed by atoms with Gasteiger partial charge in [-0.2, -0.15) is 0 Å². The third-order valence-electron chi connectivity index (χ3n) is 1.64. The maximum Gasteiger partial charge on any atom is 0.328 e. The molecular formula is C5H8N2O4.